The zero-order chi connectivity index (χ0) is 20.1. The van der Waals surface area contributed by atoms with Crippen molar-refractivity contribution in [1.82, 2.24) is 4.90 Å². The molecule has 0 N–H and O–H groups in total. The Kier molecular flexibility index (Phi) is 6.39. The van der Waals surface area contributed by atoms with Gasteiger partial charge in [-0.1, -0.05) is 49.7 Å². The Hall–Kier alpha value is -2.34. The van der Waals surface area contributed by atoms with Crippen LogP contribution in [0.4, 0.5) is 18.9 Å². The van der Waals surface area contributed by atoms with Gasteiger partial charge in [-0.2, -0.15) is 13.2 Å². The number of ketones is 1. The summed E-state index contributed by atoms with van der Waals surface area (Å²) in [4.78, 5) is 17.1. The Morgan fingerprint density at radius 3 is 2.29 bits per heavy atom. The Balaban J connectivity index is 1.69. The molecule has 0 saturated carbocycles. The lowest BCUT2D eigenvalue weighted by Crippen LogP contribution is -2.52. The maximum Gasteiger partial charge on any atom is 0.416 e. The molecular formula is C22H25F3N2O. The molecule has 1 heterocycles. The standard InChI is InChI=1S/C22H25F3N2O/c1-2-7-20(21(28)17-8-4-3-5-9-17)27-14-12-26(13-15-27)19-11-6-10-18(16-19)22(23,24)25/h3-6,8-11,16,20H,2,7,12-15H2,1H3. The molecule has 1 fully saturated rings. The van der Waals surface area contributed by atoms with E-state index in [9.17, 15) is 18.0 Å². The van der Waals surface area contributed by atoms with Crippen molar-refractivity contribution in [2.45, 2.75) is 32.0 Å². The lowest BCUT2D eigenvalue weighted by Gasteiger charge is -2.39. The first kappa shape index (κ1) is 20.4. The molecular weight excluding hydrogens is 365 g/mol. The number of hydrogen-bond acceptors (Lipinski definition) is 3. The van der Waals surface area contributed by atoms with Crippen LogP contribution < -0.4 is 4.90 Å². The van der Waals surface area contributed by atoms with Crippen molar-refractivity contribution >= 4 is 11.5 Å². The second-order valence-corrected chi connectivity index (χ2v) is 7.11. The van der Waals surface area contributed by atoms with Gasteiger partial charge in [0.25, 0.3) is 0 Å². The maximum atomic E-state index is 13.0. The van der Waals surface area contributed by atoms with Crippen LogP contribution in [0.2, 0.25) is 0 Å². The van der Waals surface area contributed by atoms with Crippen LogP contribution in [0.25, 0.3) is 0 Å². The fourth-order valence-electron chi connectivity index (χ4n) is 3.72. The molecule has 3 rings (SSSR count). The van der Waals surface area contributed by atoms with Crippen LogP contribution in [0, 0.1) is 0 Å². The summed E-state index contributed by atoms with van der Waals surface area (Å²) < 4.78 is 38.9. The third-order valence-electron chi connectivity index (χ3n) is 5.22. The SMILES string of the molecule is CCCC(C(=O)c1ccccc1)N1CCN(c2cccc(C(F)(F)F)c2)CC1. The van der Waals surface area contributed by atoms with Crippen LogP contribution in [-0.2, 0) is 6.18 Å². The molecule has 0 spiro atoms. The molecule has 6 heteroatoms. The van der Waals surface area contributed by atoms with Crippen molar-refractivity contribution in [3.63, 3.8) is 0 Å². The fourth-order valence-corrected chi connectivity index (χ4v) is 3.72. The third-order valence-corrected chi connectivity index (χ3v) is 5.22. The van der Waals surface area contributed by atoms with E-state index < -0.39 is 11.7 Å². The van der Waals surface area contributed by atoms with Gasteiger partial charge in [0, 0.05) is 37.4 Å². The zero-order valence-electron chi connectivity index (χ0n) is 16.0. The lowest BCUT2D eigenvalue weighted by molar-refractivity contribution is -0.137. The van der Waals surface area contributed by atoms with Gasteiger partial charge >= 0.3 is 6.18 Å². The summed E-state index contributed by atoms with van der Waals surface area (Å²) in [5, 5.41) is 0. The Morgan fingerprint density at radius 2 is 1.68 bits per heavy atom. The summed E-state index contributed by atoms with van der Waals surface area (Å²) in [6.45, 7) is 4.57. The number of benzene rings is 2. The molecule has 0 amide bonds. The van der Waals surface area contributed by atoms with E-state index in [1.807, 2.05) is 35.2 Å². The molecule has 1 atom stereocenters. The predicted molar refractivity (Wildman–Crippen MR) is 105 cm³/mol. The molecule has 0 bridgehead atoms. The number of carbonyl (C=O) groups is 1. The third kappa shape index (κ3) is 4.73. The number of rotatable bonds is 6. The number of halogens is 3. The van der Waals surface area contributed by atoms with Gasteiger partial charge in [-0.25, -0.2) is 0 Å². The van der Waals surface area contributed by atoms with E-state index >= 15 is 0 Å². The van der Waals surface area contributed by atoms with Crippen LogP contribution in [0.1, 0.15) is 35.7 Å². The Labute approximate surface area is 163 Å². The number of hydrogen-bond donors (Lipinski definition) is 0. The summed E-state index contributed by atoms with van der Waals surface area (Å²) in [5.74, 6) is 0.120. The molecule has 28 heavy (non-hydrogen) atoms. The van der Waals surface area contributed by atoms with Crippen molar-refractivity contribution in [2.24, 2.45) is 0 Å². The predicted octanol–water partition coefficient (Wildman–Crippen LogP) is 4.88. The minimum atomic E-state index is -4.34. The van der Waals surface area contributed by atoms with E-state index in [0.717, 1.165) is 18.9 Å². The van der Waals surface area contributed by atoms with Gasteiger partial charge in [-0.3, -0.25) is 9.69 Å². The highest BCUT2D eigenvalue weighted by atomic mass is 19.4. The van der Waals surface area contributed by atoms with Gasteiger partial charge < -0.3 is 4.90 Å². The van der Waals surface area contributed by atoms with Crippen LogP contribution >= 0.6 is 0 Å². The first-order chi connectivity index (χ1) is 13.4. The van der Waals surface area contributed by atoms with Crippen LogP contribution in [0.15, 0.2) is 54.6 Å². The topological polar surface area (TPSA) is 23.6 Å². The monoisotopic (exact) mass is 390 g/mol. The summed E-state index contributed by atoms with van der Waals surface area (Å²) in [6.07, 6.45) is -2.67. The number of carbonyl (C=O) groups excluding carboxylic acids is 1. The number of piperazine rings is 1. The molecule has 0 aromatic heterocycles. The molecule has 150 valence electrons. The summed E-state index contributed by atoms with van der Waals surface area (Å²) in [5.41, 5.74) is 0.660. The molecule has 2 aromatic rings. The molecule has 1 unspecified atom stereocenters. The molecule has 2 aromatic carbocycles. The zero-order valence-corrected chi connectivity index (χ0v) is 16.0. The van der Waals surface area contributed by atoms with E-state index in [2.05, 4.69) is 11.8 Å². The number of nitrogens with zero attached hydrogens (tertiary/aromatic N) is 2. The normalized spacial score (nSPS) is 16.8. The molecule has 1 saturated heterocycles. The molecule has 0 aliphatic carbocycles. The highest BCUT2D eigenvalue weighted by molar-refractivity contribution is 6.00. The largest absolute Gasteiger partial charge is 0.416 e. The molecule has 1 aliphatic heterocycles. The molecule has 3 nitrogen and oxygen atoms in total. The average molecular weight is 390 g/mol. The lowest BCUT2D eigenvalue weighted by atomic mass is 9.98. The van der Waals surface area contributed by atoms with Crippen molar-refractivity contribution in [1.29, 1.82) is 0 Å². The van der Waals surface area contributed by atoms with Crippen molar-refractivity contribution < 1.29 is 18.0 Å². The van der Waals surface area contributed by atoms with Gasteiger partial charge in [0.05, 0.1) is 11.6 Å². The Morgan fingerprint density at radius 1 is 1.00 bits per heavy atom. The Bertz CT molecular complexity index is 784. The smallest absolute Gasteiger partial charge is 0.369 e. The number of anilines is 1. The summed E-state index contributed by atoms with van der Waals surface area (Å²) in [6, 6.07) is 14.6. The summed E-state index contributed by atoms with van der Waals surface area (Å²) >= 11 is 0. The minimum Gasteiger partial charge on any atom is -0.369 e. The van der Waals surface area contributed by atoms with Gasteiger partial charge in [-0.15, -0.1) is 0 Å². The van der Waals surface area contributed by atoms with Crippen LogP contribution in [-0.4, -0.2) is 42.9 Å². The number of alkyl halides is 3. The van der Waals surface area contributed by atoms with E-state index in [-0.39, 0.29) is 11.8 Å². The highest BCUT2D eigenvalue weighted by Crippen LogP contribution is 2.32. The number of Topliss-reactive ketones (excluding diaryl/α,β-unsaturated/α-hetero) is 1. The minimum absolute atomic E-state index is 0.120. The van der Waals surface area contributed by atoms with Gasteiger partial charge in [0.15, 0.2) is 5.78 Å². The second-order valence-electron chi connectivity index (χ2n) is 7.11. The average Bonchev–Trinajstić information content (AvgIpc) is 2.72. The van der Waals surface area contributed by atoms with Crippen molar-refractivity contribution in [2.75, 3.05) is 31.1 Å². The maximum absolute atomic E-state index is 13.0. The van der Waals surface area contributed by atoms with E-state index in [4.69, 9.17) is 0 Å². The fraction of sp³-hybridized carbons (Fsp3) is 0.409. The van der Waals surface area contributed by atoms with Gasteiger partial charge in [-0.05, 0) is 24.6 Å². The quantitative estimate of drug-likeness (QED) is 0.657. The molecule has 0 radical (unpaired) electrons. The summed E-state index contributed by atoms with van der Waals surface area (Å²) in [7, 11) is 0. The van der Waals surface area contributed by atoms with Gasteiger partial charge in [0.2, 0.25) is 0 Å². The first-order valence-corrected chi connectivity index (χ1v) is 9.65. The van der Waals surface area contributed by atoms with Gasteiger partial charge in [0.1, 0.15) is 0 Å². The molecule has 1 aliphatic rings. The van der Waals surface area contributed by atoms with E-state index in [1.54, 1.807) is 6.07 Å². The van der Waals surface area contributed by atoms with Crippen LogP contribution in [0.5, 0.6) is 0 Å². The van der Waals surface area contributed by atoms with Crippen molar-refractivity contribution in [3.8, 4) is 0 Å². The first-order valence-electron chi connectivity index (χ1n) is 9.65. The van der Waals surface area contributed by atoms with E-state index in [0.29, 0.717) is 37.4 Å². The van der Waals surface area contributed by atoms with Crippen LogP contribution in [0.3, 0.4) is 0 Å². The van der Waals surface area contributed by atoms with E-state index in [1.165, 1.54) is 12.1 Å². The second kappa shape index (κ2) is 8.78. The highest BCUT2D eigenvalue weighted by Gasteiger charge is 2.32. The van der Waals surface area contributed by atoms with Crippen molar-refractivity contribution in [3.05, 3.63) is 65.7 Å².